The Morgan fingerprint density at radius 2 is 2.25 bits per heavy atom. The first-order chi connectivity index (χ1) is 3.27. The Balaban J connectivity index is 0. The Hall–Kier alpha value is 0.270. The molecule has 0 aromatic heterocycles. The van der Waals surface area contributed by atoms with E-state index < -0.39 is 6.16 Å². The van der Waals surface area contributed by atoms with E-state index in [2.05, 4.69) is 4.74 Å². The van der Waals surface area contributed by atoms with Gasteiger partial charge in [0, 0.05) is 0 Å². The Labute approximate surface area is 70.3 Å². The molecule has 3 nitrogen and oxygen atoms in total. The second-order valence-electron chi connectivity index (χ2n) is 1.11. The minimum absolute atomic E-state index is 0. The van der Waals surface area contributed by atoms with Crippen LogP contribution in [0, 0.1) is 0 Å². The van der Waals surface area contributed by atoms with Crippen molar-refractivity contribution in [1.82, 2.24) is 0 Å². The fourth-order valence-corrected chi connectivity index (χ4v) is 0.189. The number of rotatable bonds is 2. The zero-order valence-corrected chi connectivity index (χ0v) is 4.18. The molecular weight excluding hydrogens is 119 g/mol. The third-order valence-electron chi connectivity index (χ3n) is 0.430. The van der Waals surface area contributed by atoms with Gasteiger partial charge in [-0.1, -0.05) is 6.92 Å². The predicted molar refractivity (Wildman–Crippen MR) is 31.4 cm³/mol. The van der Waals surface area contributed by atoms with Gasteiger partial charge in [0.05, 0.1) is 6.61 Å². The third kappa shape index (κ3) is 9.55. The molecule has 0 aliphatic heterocycles. The molecule has 0 bridgehead atoms. The monoisotopic (exact) mass is 128 g/mol. The number of hydrogen-bond acceptors (Lipinski definition) is 2. The van der Waals surface area contributed by atoms with Crippen LogP contribution in [0.4, 0.5) is 4.79 Å². The molecular formula is C4H9NaO3. The maximum atomic E-state index is 9.54. The molecule has 0 aromatic carbocycles. The van der Waals surface area contributed by atoms with Gasteiger partial charge in [-0.2, -0.15) is 0 Å². The molecule has 4 heteroatoms. The first-order valence-corrected chi connectivity index (χ1v) is 2.13. The van der Waals surface area contributed by atoms with E-state index in [0.29, 0.717) is 6.61 Å². The van der Waals surface area contributed by atoms with Crippen molar-refractivity contribution in [2.45, 2.75) is 13.3 Å². The third-order valence-corrected chi connectivity index (χ3v) is 0.430. The Morgan fingerprint density at radius 1 is 1.75 bits per heavy atom. The minimum atomic E-state index is -1.19. The van der Waals surface area contributed by atoms with Gasteiger partial charge in [0.1, 0.15) is 0 Å². The molecule has 0 atom stereocenters. The fraction of sp³-hybridized carbons (Fsp3) is 0.750. The van der Waals surface area contributed by atoms with Crippen LogP contribution >= 0.6 is 0 Å². The van der Waals surface area contributed by atoms with Crippen LogP contribution in [0.25, 0.3) is 0 Å². The van der Waals surface area contributed by atoms with Gasteiger partial charge in [-0.3, -0.25) is 0 Å². The first kappa shape index (κ1) is 11.1. The summed E-state index contributed by atoms with van der Waals surface area (Å²) in [6.07, 6.45) is -0.450. The molecule has 0 heterocycles. The van der Waals surface area contributed by atoms with Crippen LogP contribution in [0.3, 0.4) is 0 Å². The van der Waals surface area contributed by atoms with Gasteiger partial charge in [-0.05, 0) is 6.42 Å². The van der Waals surface area contributed by atoms with Gasteiger partial charge < -0.3 is 9.84 Å². The van der Waals surface area contributed by atoms with Crippen LogP contribution in [0.2, 0.25) is 0 Å². The van der Waals surface area contributed by atoms with Gasteiger partial charge in [0.15, 0.2) is 0 Å². The maximum absolute atomic E-state index is 9.54. The van der Waals surface area contributed by atoms with Gasteiger partial charge in [0.25, 0.3) is 0 Å². The van der Waals surface area contributed by atoms with E-state index in [0.717, 1.165) is 6.42 Å². The van der Waals surface area contributed by atoms with Crippen molar-refractivity contribution in [2.75, 3.05) is 6.61 Å². The van der Waals surface area contributed by atoms with E-state index in [1.165, 1.54) is 0 Å². The number of carboxylic acid groups (broad SMARTS) is 1. The topological polar surface area (TPSA) is 46.5 Å². The van der Waals surface area contributed by atoms with Crippen LogP contribution in [0.15, 0.2) is 0 Å². The summed E-state index contributed by atoms with van der Waals surface area (Å²) in [4.78, 5) is 9.54. The summed E-state index contributed by atoms with van der Waals surface area (Å²) >= 11 is 0. The normalized spacial score (nSPS) is 7.12. The fourth-order valence-electron chi connectivity index (χ4n) is 0.189. The molecule has 0 rings (SSSR count). The summed E-state index contributed by atoms with van der Waals surface area (Å²) in [5.41, 5.74) is 0. The van der Waals surface area contributed by atoms with Crippen LogP contribution in [0.1, 0.15) is 13.3 Å². The van der Waals surface area contributed by atoms with Crippen molar-refractivity contribution < 1.29 is 14.6 Å². The average Bonchev–Trinajstić information content (AvgIpc) is 1.61. The summed E-state index contributed by atoms with van der Waals surface area (Å²) in [6.45, 7) is 2.15. The van der Waals surface area contributed by atoms with E-state index in [4.69, 9.17) is 5.11 Å². The second kappa shape index (κ2) is 7.27. The number of hydrogen-bond donors (Lipinski definition) is 1. The van der Waals surface area contributed by atoms with Crippen molar-refractivity contribution in [1.29, 1.82) is 0 Å². The first-order valence-electron chi connectivity index (χ1n) is 2.13. The Morgan fingerprint density at radius 3 is 2.38 bits per heavy atom. The van der Waals surface area contributed by atoms with Gasteiger partial charge in [-0.15, -0.1) is 0 Å². The zero-order chi connectivity index (χ0) is 5.70. The van der Waals surface area contributed by atoms with Gasteiger partial charge in [0.2, 0.25) is 0 Å². The van der Waals surface area contributed by atoms with E-state index in [9.17, 15) is 4.79 Å². The van der Waals surface area contributed by atoms with E-state index in [-0.39, 0.29) is 29.6 Å². The zero-order valence-electron chi connectivity index (χ0n) is 4.18. The van der Waals surface area contributed by atoms with Crippen molar-refractivity contribution >= 4 is 35.7 Å². The molecule has 0 aliphatic carbocycles. The molecule has 0 aromatic rings. The van der Waals surface area contributed by atoms with E-state index >= 15 is 0 Å². The molecule has 1 N–H and O–H groups in total. The van der Waals surface area contributed by atoms with E-state index in [1.807, 2.05) is 6.92 Å². The average molecular weight is 128 g/mol. The standard InChI is InChI=1S/C4H8O3.Na.H/c1-2-3-7-4(5)6;;/h2-3H2,1H3,(H,5,6);;. The van der Waals surface area contributed by atoms with Crippen LogP contribution in [0.5, 0.6) is 0 Å². The Bertz CT molecular complexity index is 64.3. The number of carbonyl (C=O) groups is 1. The van der Waals surface area contributed by atoms with Crippen molar-refractivity contribution in [2.24, 2.45) is 0 Å². The molecule has 8 heavy (non-hydrogen) atoms. The molecule has 0 spiro atoms. The van der Waals surface area contributed by atoms with Gasteiger partial charge in [-0.25, -0.2) is 4.79 Å². The van der Waals surface area contributed by atoms with E-state index in [1.54, 1.807) is 0 Å². The molecule has 0 saturated carbocycles. The molecule has 44 valence electrons. The van der Waals surface area contributed by atoms with Crippen LogP contribution in [-0.4, -0.2) is 47.4 Å². The van der Waals surface area contributed by atoms with Crippen molar-refractivity contribution in [3.63, 3.8) is 0 Å². The SMILES string of the molecule is CCCOC(=O)O.[NaH]. The molecule has 0 fully saturated rings. The summed E-state index contributed by atoms with van der Waals surface area (Å²) in [5, 5.41) is 7.82. The summed E-state index contributed by atoms with van der Waals surface area (Å²) in [5.74, 6) is 0. The molecule has 0 saturated heterocycles. The van der Waals surface area contributed by atoms with Crippen LogP contribution in [-0.2, 0) is 4.74 Å². The summed E-state index contributed by atoms with van der Waals surface area (Å²) in [6, 6.07) is 0. The Kier molecular flexibility index (Phi) is 10.1. The quantitative estimate of drug-likeness (QED) is 0.433. The molecule has 0 aliphatic rings. The van der Waals surface area contributed by atoms with Gasteiger partial charge >= 0.3 is 35.7 Å². The number of ether oxygens (including phenoxy) is 1. The van der Waals surface area contributed by atoms with Crippen molar-refractivity contribution in [3.05, 3.63) is 0 Å². The molecule has 0 amide bonds. The summed E-state index contributed by atoms with van der Waals surface area (Å²) in [7, 11) is 0. The van der Waals surface area contributed by atoms with Crippen LogP contribution < -0.4 is 0 Å². The molecule has 0 unspecified atom stereocenters. The summed E-state index contributed by atoms with van der Waals surface area (Å²) < 4.78 is 4.11. The second-order valence-corrected chi connectivity index (χ2v) is 1.11. The predicted octanol–water partition coefficient (Wildman–Crippen LogP) is 0.442. The van der Waals surface area contributed by atoms with Crippen molar-refractivity contribution in [3.8, 4) is 0 Å². The molecule has 0 radical (unpaired) electrons.